The third-order valence-electron chi connectivity index (χ3n) is 4.92. The molecule has 140 valence electrons. The van der Waals surface area contributed by atoms with Crippen molar-refractivity contribution in [2.45, 2.75) is 13.0 Å². The quantitative estimate of drug-likeness (QED) is 0.840. The lowest BCUT2D eigenvalue weighted by molar-refractivity contribution is 0.173. The highest BCUT2D eigenvalue weighted by molar-refractivity contribution is 5.74. The molecule has 1 saturated heterocycles. The molecule has 26 heavy (non-hydrogen) atoms. The number of nitrogen functional groups attached to an aromatic ring is 1. The van der Waals surface area contributed by atoms with E-state index in [1.54, 1.807) is 12.1 Å². The molecule has 1 aromatic carbocycles. The Morgan fingerprint density at radius 3 is 2.69 bits per heavy atom. The molecule has 7 heteroatoms. The monoisotopic (exact) mass is 356 g/mol. The van der Waals surface area contributed by atoms with Gasteiger partial charge < -0.3 is 20.6 Å². The summed E-state index contributed by atoms with van der Waals surface area (Å²) in [6, 6.07) is 9.52. The van der Waals surface area contributed by atoms with Crippen LogP contribution < -0.4 is 10.6 Å². The van der Waals surface area contributed by atoms with Crippen LogP contribution in [0.2, 0.25) is 0 Å². The summed E-state index contributed by atoms with van der Waals surface area (Å²) in [4.78, 5) is 6.98. The molecule has 1 fully saturated rings. The van der Waals surface area contributed by atoms with Crippen molar-refractivity contribution in [3.63, 3.8) is 0 Å². The van der Waals surface area contributed by atoms with Crippen molar-refractivity contribution in [3.05, 3.63) is 30.3 Å². The highest BCUT2D eigenvalue weighted by Crippen LogP contribution is 2.32. The molecule has 1 aliphatic heterocycles. The van der Waals surface area contributed by atoms with Crippen LogP contribution in [0.5, 0.6) is 5.75 Å². The average molecular weight is 356 g/mol. The zero-order valence-electron chi connectivity index (χ0n) is 15.8. The summed E-state index contributed by atoms with van der Waals surface area (Å²) in [5.74, 6) is 0.623. The Morgan fingerprint density at radius 2 is 2.00 bits per heavy atom. The number of aromatic nitrogens is 2. The van der Waals surface area contributed by atoms with Gasteiger partial charge in [0.25, 0.3) is 0 Å². The van der Waals surface area contributed by atoms with Gasteiger partial charge in [0.15, 0.2) is 5.82 Å². The van der Waals surface area contributed by atoms with E-state index >= 15 is 0 Å². The Bertz CT molecular complexity index is 751. The minimum atomic E-state index is 0.194. The number of rotatable bonds is 5. The van der Waals surface area contributed by atoms with Gasteiger partial charge in [-0.1, -0.05) is 12.1 Å². The molecule has 0 spiro atoms. The standard InChI is InChI=1S/C19H28N6O/c1-14-13-25(11-10-24(14)9-8-23(2)3)17-12-16(21-22-19(17)20)15-6-4-5-7-18(15)26/h4-7,12,14,26H,8-11,13H2,1-3H3,(H2,20,22). The summed E-state index contributed by atoms with van der Waals surface area (Å²) in [6.07, 6.45) is 0. The van der Waals surface area contributed by atoms with Gasteiger partial charge >= 0.3 is 0 Å². The van der Waals surface area contributed by atoms with Crippen molar-refractivity contribution in [1.29, 1.82) is 0 Å². The third kappa shape index (κ3) is 4.05. The fourth-order valence-corrected chi connectivity index (χ4v) is 3.34. The Labute approximate surface area is 155 Å². The van der Waals surface area contributed by atoms with Crippen LogP contribution in [0.15, 0.2) is 30.3 Å². The number of hydrogen-bond acceptors (Lipinski definition) is 7. The molecule has 1 aromatic heterocycles. The first-order valence-corrected chi connectivity index (χ1v) is 9.01. The number of para-hydroxylation sites is 1. The van der Waals surface area contributed by atoms with E-state index in [4.69, 9.17) is 5.73 Å². The van der Waals surface area contributed by atoms with Gasteiger partial charge in [0, 0.05) is 44.3 Å². The van der Waals surface area contributed by atoms with E-state index in [2.05, 4.69) is 45.9 Å². The second-order valence-electron chi connectivity index (χ2n) is 7.15. The normalized spacial score (nSPS) is 18.5. The summed E-state index contributed by atoms with van der Waals surface area (Å²) < 4.78 is 0. The average Bonchev–Trinajstić information content (AvgIpc) is 2.61. The first-order chi connectivity index (χ1) is 12.5. The number of aromatic hydroxyl groups is 1. The smallest absolute Gasteiger partial charge is 0.169 e. The van der Waals surface area contributed by atoms with E-state index in [-0.39, 0.29) is 5.75 Å². The summed E-state index contributed by atoms with van der Waals surface area (Å²) in [5.41, 5.74) is 8.30. The molecular weight excluding hydrogens is 328 g/mol. The summed E-state index contributed by atoms with van der Waals surface area (Å²) in [5, 5.41) is 18.4. The molecule has 3 rings (SSSR count). The van der Waals surface area contributed by atoms with Crippen LogP contribution in [0, 0.1) is 0 Å². The number of phenolic OH excluding ortho intramolecular Hbond substituents is 1. The van der Waals surface area contributed by atoms with E-state index < -0.39 is 0 Å². The predicted molar refractivity (Wildman–Crippen MR) is 105 cm³/mol. The van der Waals surface area contributed by atoms with Crippen molar-refractivity contribution >= 4 is 11.5 Å². The molecule has 0 bridgehead atoms. The Kier molecular flexibility index (Phi) is 5.58. The van der Waals surface area contributed by atoms with Gasteiger partial charge in [0.2, 0.25) is 0 Å². The molecule has 2 aromatic rings. The van der Waals surface area contributed by atoms with Crippen LogP contribution in [0.4, 0.5) is 11.5 Å². The fraction of sp³-hybridized carbons (Fsp3) is 0.474. The number of benzene rings is 1. The second kappa shape index (κ2) is 7.88. The number of anilines is 2. The number of nitrogens with zero attached hydrogens (tertiary/aromatic N) is 5. The minimum absolute atomic E-state index is 0.194. The Hall–Kier alpha value is -2.38. The Balaban J connectivity index is 1.78. The molecule has 7 nitrogen and oxygen atoms in total. The first-order valence-electron chi connectivity index (χ1n) is 9.01. The number of likely N-dealkylation sites (N-methyl/N-ethyl adjacent to an activating group) is 1. The van der Waals surface area contributed by atoms with E-state index in [0.717, 1.165) is 38.4 Å². The predicted octanol–water partition coefficient (Wildman–Crippen LogP) is 1.50. The van der Waals surface area contributed by atoms with E-state index in [0.29, 0.717) is 23.1 Å². The summed E-state index contributed by atoms with van der Waals surface area (Å²) in [6.45, 7) is 7.15. The summed E-state index contributed by atoms with van der Waals surface area (Å²) >= 11 is 0. The number of phenols is 1. The molecule has 1 aliphatic rings. The second-order valence-corrected chi connectivity index (χ2v) is 7.15. The largest absolute Gasteiger partial charge is 0.507 e. The van der Waals surface area contributed by atoms with Gasteiger partial charge in [0.1, 0.15) is 5.75 Å². The molecule has 0 saturated carbocycles. The summed E-state index contributed by atoms with van der Waals surface area (Å²) in [7, 11) is 4.20. The van der Waals surface area contributed by atoms with E-state index in [9.17, 15) is 5.11 Å². The van der Waals surface area contributed by atoms with Crippen LogP contribution >= 0.6 is 0 Å². The van der Waals surface area contributed by atoms with Gasteiger partial charge in [-0.2, -0.15) is 0 Å². The lowest BCUT2D eigenvalue weighted by Crippen LogP contribution is -2.53. The lowest BCUT2D eigenvalue weighted by atomic mass is 10.1. The van der Waals surface area contributed by atoms with Crippen molar-refractivity contribution < 1.29 is 5.11 Å². The van der Waals surface area contributed by atoms with Crippen LogP contribution in [-0.4, -0.2) is 78.0 Å². The third-order valence-corrected chi connectivity index (χ3v) is 4.92. The van der Waals surface area contributed by atoms with E-state index in [1.807, 2.05) is 18.2 Å². The van der Waals surface area contributed by atoms with Crippen molar-refractivity contribution in [1.82, 2.24) is 20.0 Å². The van der Waals surface area contributed by atoms with Gasteiger partial charge in [0.05, 0.1) is 11.4 Å². The number of piperazine rings is 1. The first kappa shape index (κ1) is 18.4. The van der Waals surface area contributed by atoms with Crippen LogP contribution in [0.1, 0.15) is 6.92 Å². The van der Waals surface area contributed by atoms with E-state index in [1.165, 1.54) is 0 Å². The molecule has 1 atom stereocenters. The van der Waals surface area contributed by atoms with Crippen LogP contribution in [-0.2, 0) is 0 Å². The van der Waals surface area contributed by atoms with Gasteiger partial charge in [-0.25, -0.2) is 0 Å². The van der Waals surface area contributed by atoms with Crippen molar-refractivity contribution in [2.24, 2.45) is 0 Å². The maximum absolute atomic E-state index is 10.1. The highest BCUT2D eigenvalue weighted by Gasteiger charge is 2.25. The van der Waals surface area contributed by atoms with Gasteiger partial charge in [-0.15, -0.1) is 10.2 Å². The van der Waals surface area contributed by atoms with Crippen LogP contribution in [0.25, 0.3) is 11.3 Å². The van der Waals surface area contributed by atoms with Crippen molar-refractivity contribution in [2.75, 3.05) is 57.5 Å². The van der Waals surface area contributed by atoms with Crippen LogP contribution in [0.3, 0.4) is 0 Å². The topological polar surface area (TPSA) is 81.7 Å². The molecule has 2 heterocycles. The lowest BCUT2D eigenvalue weighted by Gasteiger charge is -2.41. The fourth-order valence-electron chi connectivity index (χ4n) is 3.34. The maximum atomic E-state index is 10.1. The Morgan fingerprint density at radius 1 is 1.23 bits per heavy atom. The maximum Gasteiger partial charge on any atom is 0.169 e. The molecule has 0 aliphatic carbocycles. The number of hydrogen-bond donors (Lipinski definition) is 2. The molecule has 0 amide bonds. The van der Waals surface area contributed by atoms with Crippen molar-refractivity contribution in [3.8, 4) is 17.0 Å². The molecular formula is C19H28N6O. The zero-order chi connectivity index (χ0) is 18.7. The SMILES string of the molecule is CC1CN(c2cc(-c3ccccc3O)nnc2N)CCN1CCN(C)C. The zero-order valence-corrected chi connectivity index (χ0v) is 15.8. The highest BCUT2D eigenvalue weighted by atomic mass is 16.3. The molecule has 3 N–H and O–H groups in total. The minimum Gasteiger partial charge on any atom is -0.507 e. The molecule has 0 radical (unpaired) electrons. The van der Waals surface area contributed by atoms with Gasteiger partial charge in [-0.3, -0.25) is 4.90 Å². The molecule has 1 unspecified atom stereocenters. The van der Waals surface area contributed by atoms with Gasteiger partial charge in [-0.05, 0) is 39.2 Å². The number of nitrogens with two attached hydrogens (primary N) is 1.